The monoisotopic (exact) mass is 389 g/mol. The van der Waals surface area contributed by atoms with Gasteiger partial charge in [-0.2, -0.15) is 5.10 Å². The number of rotatable bonds is 6. The molecule has 0 saturated heterocycles. The van der Waals surface area contributed by atoms with Gasteiger partial charge in [0.1, 0.15) is 5.75 Å². The van der Waals surface area contributed by atoms with Crippen LogP contribution in [-0.4, -0.2) is 29.7 Å². The van der Waals surface area contributed by atoms with Crippen LogP contribution >= 0.6 is 15.9 Å². The summed E-state index contributed by atoms with van der Waals surface area (Å²) in [6.45, 7) is 0.206. The van der Waals surface area contributed by atoms with E-state index in [9.17, 15) is 14.7 Å². The van der Waals surface area contributed by atoms with E-state index in [4.69, 9.17) is 0 Å². The van der Waals surface area contributed by atoms with Gasteiger partial charge in [-0.25, -0.2) is 5.43 Å². The lowest BCUT2D eigenvalue weighted by Crippen LogP contribution is -2.28. The molecular formula is C17H16BrN3O3. The van der Waals surface area contributed by atoms with Crippen LogP contribution in [0.15, 0.2) is 58.1 Å². The van der Waals surface area contributed by atoms with Crippen molar-refractivity contribution in [2.24, 2.45) is 5.10 Å². The fourth-order valence-electron chi connectivity index (χ4n) is 1.84. The SMILES string of the molecule is O=C(CCNC(=O)c1ccccc1)N/N=C/c1cc(Br)ccc1O. The quantitative estimate of drug-likeness (QED) is 0.523. The number of nitrogens with zero attached hydrogens (tertiary/aromatic N) is 1. The van der Waals surface area contributed by atoms with Crippen molar-refractivity contribution in [2.45, 2.75) is 6.42 Å². The molecule has 7 heteroatoms. The third-order valence-electron chi connectivity index (χ3n) is 3.06. The molecule has 0 unspecified atom stereocenters. The van der Waals surface area contributed by atoms with E-state index in [2.05, 4.69) is 31.8 Å². The molecule has 2 aromatic carbocycles. The van der Waals surface area contributed by atoms with E-state index >= 15 is 0 Å². The van der Waals surface area contributed by atoms with Crippen LogP contribution in [0.1, 0.15) is 22.3 Å². The molecule has 3 N–H and O–H groups in total. The standard InChI is InChI=1S/C17H16BrN3O3/c18-14-6-7-15(22)13(10-14)11-20-21-16(23)8-9-19-17(24)12-4-2-1-3-5-12/h1-7,10-11,22H,8-9H2,(H,19,24)(H,21,23)/b20-11+. The molecule has 0 aliphatic rings. The number of halogens is 1. The molecule has 0 heterocycles. The van der Waals surface area contributed by atoms with Crippen molar-refractivity contribution in [3.8, 4) is 5.75 Å². The minimum absolute atomic E-state index is 0.0614. The number of hydrazone groups is 1. The molecule has 0 aliphatic carbocycles. The molecule has 6 nitrogen and oxygen atoms in total. The number of amides is 2. The zero-order chi connectivity index (χ0) is 17.4. The summed E-state index contributed by atoms with van der Waals surface area (Å²) in [4.78, 5) is 23.4. The van der Waals surface area contributed by atoms with Gasteiger partial charge >= 0.3 is 0 Å². The first-order chi connectivity index (χ1) is 11.6. The minimum atomic E-state index is -0.339. The van der Waals surface area contributed by atoms with Crippen LogP contribution in [0.2, 0.25) is 0 Å². The summed E-state index contributed by atoms with van der Waals surface area (Å²) in [5, 5.41) is 16.1. The Morgan fingerprint density at radius 3 is 2.67 bits per heavy atom. The number of nitrogens with one attached hydrogen (secondary N) is 2. The maximum Gasteiger partial charge on any atom is 0.251 e. The van der Waals surface area contributed by atoms with Gasteiger partial charge in [-0.05, 0) is 30.3 Å². The van der Waals surface area contributed by atoms with Gasteiger partial charge < -0.3 is 10.4 Å². The van der Waals surface area contributed by atoms with Crippen molar-refractivity contribution < 1.29 is 14.7 Å². The van der Waals surface area contributed by atoms with Crippen LogP contribution in [0, 0.1) is 0 Å². The first-order valence-electron chi connectivity index (χ1n) is 7.20. The van der Waals surface area contributed by atoms with E-state index < -0.39 is 0 Å². The van der Waals surface area contributed by atoms with Gasteiger partial charge in [-0.3, -0.25) is 9.59 Å². The summed E-state index contributed by atoms with van der Waals surface area (Å²) >= 11 is 3.28. The van der Waals surface area contributed by atoms with Crippen molar-refractivity contribution in [1.29, 1.82) is 0 Å². The second-order valence-corrected chi connectivity index (χ2v) is 5.78. The first kappa shape index (κ1) is 17.7. The third-order valence-corrected chi connectivity index (χ3v) is 3.55. The van der Waals surface area contributed by atoms with Gasteiger partial charge in [-0.15, -0.1) is 0 Å². The average molecular weight is 390 g/mol. The van der Waals surface area contributed by atoms with E-state index in [-0.39, 0.29) is 30.5 Å². The van der Waals surface area contributed by atoms with E-state index in [0.717, 1.165) is 4.47 Å². The van der Waals surface area contributed by atoms with Crippen LogP contribution in [0.25, 0.3) is 0 Å². The summed E-state index contributed by atoms with van der Waals surface area (Å²) in [6, 6.07) is 13.7. The Bertz CT molecular complexity index is 748. The van der Waals surface area contributed by atoms with Crippen molar-refractivity contribution in [1.82, 2.24) is 10.7 Å². The zero-order valence-electron chi connectivity index (χ0n) is 12.7. The lowest BCUT2D eigenvalue weighted by atomic mass is 10.2. The largest absolute Gasteiger partial charge is 0.507 e. The molecule has 2 aromatic rings. The number of carbonyl (C=O) groups excluding carboxylic acids is 2. The van der Waals surface area contributed by atoms with Gasteiger partial charge in [0.05, 0.1) is 6.21 Å². The maximum absolute atomic E-state index is 11.8. The smallest absolute Gasteiger partial charge is 0.251 e. The van der Waals surface area contributed by atoms with Crippen molar-refractivity contribution in [2.75, 3.05) is 6.54 Å². The highest BCUT2D eigenvalue weighted by atomic mass is 79.9. The van der Waals surface area contributed by atoms with E-state index in [1.807, 2.05) is 6.07 Å². The van der Waals surface area contributed by atoms with Crippen LogP contribution in [0.5, 0.6) is 5.75 Å². The van der Waals surface area contributed by atoms with Crippen molar-refractivity contribution in [3.05, 3.63) is 64.1 Å². The van der Waals surface area contributed by atoms with E-state index in [0.29, 0.717) is 11.1 Å². The van der Waals surface area contributed by atoms with Crippen molar-refractivity contribution in [3.63, 3.8) is 0 Å². The zero-order valence-corrected chi connectivity index (χ0v) is 14.3. The Morgan fingerprint density at radius 1 is 1.17 bits per heavy atom. The van der Waals surface area contributed by atoms with Gasteiger partial charge in [0.15, 0.2) is 0 Å². The molecule has 0 radical (unpaired) electrons. The number of carbonyl (C=O) groups is 2. The van der Waals surface area contributed by atoms with Crippen LogP contribution in [0.3, 0.4) is 0 Å². The molecule has 124 valence electrons. The number of benzene rings is 2. The number of phenolic OH excluding ortho intramolecular Hbond substituents is 1. The molecule has 0 aromatic heterocycles. The summed E-state index contributed by atoms with van der Waals surface area (Å²) < 4.78 is 0.789. The number of phenols is 1. The summed E-state index contributed by atoms with van der Waals surface area (Å²) in [5.41, 5.74) is 3.36. The number of aromatic hydroxyl groups is 1. The summed E-state index contributed by atoms with van der Waals surface area (Å²) in [7, 11) is 0. The topological polar surface area (TPSA) is 90.8 Å². The average Bonchev–Trinajstić information content (AvgIpc) is 2.58. The lowest BCUT2D eigenvalue weighted by molar-refractivity contribution is -0.120. The predicted molar refractivity (Wildman–Crippen MR) is 94.9 cm³/mol. The first-order valence-corrected chi connectivity index (χ1v) is 7.99. The van der Waals surface area contributed by atoms with Gasteiger partial charge in [0.2, 0.25) is 5.91 Å². The van der Waals surface area contributed by atoms with Gasteiger partial charge in [0.25, 0.3) is 5.91 Å². The predicted octanol–water partition coefficient (Wildman–Crippen LogP) is 2.42. The minimum Gasteiger partial charge on any atom is -0.507 e. The number of hydrogen-bond donors (Lipinski definition) is 3. The highest BCUT2D eigenvalue weighted by Gasteiger charge is 2.05. The molecule has 0 aliphatic heterocycles. The molecule has 2 rings (SSSR count). The third kappa shape index (κ3) is 5.51. The normalized spacial score (nSPS) is 10.5. The second-order valence-electron chi connectivity index (χ2n) is 4.87. The molecule has 0 bridgehead atoms. The Labute approximate surface area is 147 Å². The molecule has 24 heavy (non-hydrogen) atoms. The van der Waals surface area contributed by atoms with Crippen LogP contribution in [0.4, 0.5) is 0 Å². The highest BCUT2D eigenvalue weighted by molar-refractivity contribution is 9.10. The molecule has 0 spiro atoms. The summed E-state index contributed by atoms with van der Waals surface area (Å²) in [5.74, 6) is -0.508. The Hall–Kier alpha value is -2.67. The Kier molecular flexibility index (Phi) is 6.51. The summed E-state index contributed by atoms with van der Waals surface area (Å²) in [6.07, 6.45) is 1.45. The van der Waals surface area contributed by atoms with Gasteiger partial charge in [-0.1, -0.05) is 34.1 Å². The van der Waals surface area contributed by atoms with E-state index in [1.54, 1.807) is 36.4 Å². The maximum atomic E-state index is 11.8. The molecule has 2 amide bonds. The fraction of sp³-hybridized carbons (Fsp3) is 0.118. The molecule has 0 atom stereocenters. The van der Waals surface area contributed by atoms with Crippen LogP contribution < -0.4 is 10.7 Å². The van der Waals surface area contributed by atoms with E-state index in [1.165, 1.54) is 12.3 Å². The van der Waals surface area contributed by atoms with Crippen LogP contribution in [-0.2, 0) is 4.79 Å². The Balaban J connectivity index is 1.74. The highest BCUT2D eigenvalue weighted by Crippen LogP contribution is 2.19. The molecule has 0 saturated carbocycles. The second kappa shape index (κ2) is 8.83. The lowest BCUT2D eigenvalue weighted by Gasteiger charge is -2.04. The van der Waals surface area contributed by atoms with Gasteiger partial charge in [0, 0.05) is 28.6 Å². The Morgan fingerprint density at radius 2 is 1.92 bits per heavy atom. The molecular weight excluding hydrogens is 374 g/mol. The number of hydrogen-bond acceptors (Lipinski definition) is 4. The fourth-order valence-corrected chi connectivity index (χ4v) is 2.22. The van der Waals surface area contributed by atoms with Crippen molar-refractivity contribution >= 4 is 34.0 Å². The molecule has 0 fully saturated rings.